The van der Waals surface area contributed by atoms with E-state index in [1.54, 1.807) is 12.1 Å². The van der Waals surface area contributed by atoms with Crippen LogP contribution in [-0.2, 0) is 0 Å². The molecule has 6 nitrogen and oxygen atoms in total. The van der Waals surface area contributed by atoms with Gasteiger partial charge in [-0.05, 0) is 55.2 Å². The molecule has 4 rings (SSSR count). The molecule has 0 aliphatic carbocycles. The van der Waals surface area contributed by atoms with Crippen LogP contribution in [0.1, 0.15) is 66.3 Å². The minimum Gasteiger partial charge on any atom is -0.507 e. The molecule has 1 amide bonds. The minimum absolute atomic E-state index is 0.0843. The van der Waals surface area contributed by atoms with Crippen molar-refractivity contribution in [3.63, 3.8) is 0 Å². The lowest BCUT2D eigenvalue weighted by atomic mass is 9.95. The lowest BCUT2D eigenvalue weighted by Crippen LogP contribution is -2.30. The first kappa shape index (κ1) is 22.2. The van der Waals surface area contributed by atoms with Crippen molar-refractivity contribution in [2.75, 3.05) is 13.2 Å². The van der Waals surface area contributed by atoms with E-state index in [0.29, 0.717) is 35.1 Å². The Labute approximate surface area is 193 Å². The van der Waals surface area contributed by atoms with Gasteiger partial charge in [0.1, 0.15) is 22.9 Å². The molecule has 2 N–H and O–H groups in total. The number of nitrogens with one attached hydrogen (secondary N) is 1. The van der Waals surface area contributed by atoms with E-state index in [4.69, 9.17) is 16.3 Å². The highest BCUT2D eigenvalue weighted by molar-refractivity contribution is 6.31. The van der Waals surface area contributed by atoms with Gasteiger partial charge in [0.25, 0.3) is 5.91 Å². The Morgan fingerprint density at radius 1 is 1.19 bits per heavy atom. The molecule has 1 aromatic heterocycles. The number of H-pyrrole nitrogens is 1. The molecule has 7 heteroatoms. The van der Waals surface area contributed by atoms with Crippen LogP contribution in [0.2, 0.25) is 5.02 Å². The smallest absolute Gasteiger partial charge is 0.273 e. The highest BCUT2D eigenvalue weighted by atomic mass is 35.5. The zero-order valence-electron chi connectivity index (χ0n) is 18.6. The molecule has 1 unspecified atom stereocenters. The number of hydrogen-bond acceptors (Lipinski definition) is 4. The molecule has 1 aliphatic heterocycles. The summed E-state index contributed by atoms with van der Waals surface area (Å²) in [6.07, 6.45) is 2.92. The lowest BCUT2D eigenvalue weighted by Gasteiger charge is -2.26. The summed E-state index contributed by atoms with van der Waals surface area (Å²) < 4.78 is 5.80. The van der Waals surface area contributed by atoms with Gasteiger partial charge in [0.05, 0.1) is 12.6 Å². The summed E-state index contributed by atoms with van der Waals surface area (Å²) in [5, 5.41) is 18.5. The van der Waals surface area contributed by atoms with E-state index in [1.165, 1.54) is 0 Å². The Morgan fingerprint density at radius 2 is 1.94 bits per heavy atom. The number of fused-ring (bicyclic) bond motifs is 1. The van der Waals surface area contributed by atoms with E-state index in [-0.39, 0.29) is 17.7 Å². The number of phenolic OH excluding ortho intramolecular Hbond substituents is 1. The number of ether oxygens (including phenoxy) is 1. The van der Waals surface area contributed by atoms with E-state index in [2.05, 4.69) is 17.1 Å². The van der Waals surface area contributed by atoms with Gasteiger partial charge in [-0.15, -0.1) is 0 Å². The predicted octanol–water partition coefficient (Wildman–Crippen LogP) is 5.88. The van der Waals surface area contributed by atoms with Crippen molar-refractivity contribution in [3.05, 3.63) is 63.8 Å². The standard InChI is InChI=1S/C25H28ClN3O3/c1-4-6-12-32-17-9-7-16(8-10-17)24-21-22(18-14-19(26)15(3)13-20(18)30)27-28-23(21)25(31)29(24)11-5-2/h7-10,13-14,24,30H,4-6,11-12H2,1-3H3,(H,27,28). The molecule has 2 heterocycles. The Bertz CT molecular complexity index is 1120. The van der Waals surface area contributed by atoms with Gasteiger partial charge in [0.15, 0.2) is 0 Å². The molecule has 32 heavy (non-hydrogen) atoms. The van der Waals surface area contributed by atoms with Gasteiger partial charge < -0.3 is 14.7 Å². The zero-order chi connectivity index (χ0) is 22.8. The summed E-state index contributed by atoms with van der Waals surface area (Å²) in [5.74, 6) is 0.803. The van der Waals surface area contributed by atoms with Crippen molar-refractivity contribution >= 4 is 17.5 Å². The maximum Gasteiger partial charge on any atom is 0.273 e. The molecule has 0 saturated heterocycles. The van der Waals surface area contributed by atoms with Crippen LogP contribution in [0.3, 0.4) is 0 Å². The quantitative estimate of drug-likeness (QED) is 0.417. The Balaban J connectivity index is 1.78. The largest absolute Gasteiger partial charge is 0.507 e. The van der Waals surface area contributed by atoms with E-state index in [0.717, 1.165) is 41.7 Å². The van der Waals surface area contributed by atoms with Gasteiger partial charge in [-0.3, -0.25) is 9.89 Å². The van der Waals surface area contributed by atoms with Crippen LogP contribution in [0, 0.1) is 6.92 Å². The first-order valence-corrected chi connectivity index (χ1v) is 11.5. The van der Waals surface area contributed by atoms with Gasteiger partial charge in [0.2, 0.25) is 0 Å². The van der Waals surface area contributed by atoms with Crippen molar-refractivity contribution in [3.8, 4) is 22.8 Å². The molecular weight excluding hydrogens is 426 g/mol. The number of aromatic amines is 1. The fourth-order valence-electron chi connectivity index (χ4n) is 4.16. The van der Waals surface area contributed by atoms with Crippen LogP contribution in [0.15, 0.2) is 36.4 Å². The number of carbonyl (C=O) groups is 1. The van der Waals surface area contributed by atoms with Crippen molar-refractivity contribution in [1.29, 1.82) is 0 Å². The van der Waals surface area contributed by atoms with Crippen LogP contribution in [0.5, 0.6) is 11.5 Å². The molecule has 168 valence electrons. The molecule has 0 fully saturated rings. The van der Waals surface area contributed by atoms with E-state index >= 15 is 0 Å². The second kappa shape index (κ2) is 9.25. The average Bonchev–Trinajstić information content (AvgIpc) is 3.31. The van der Waals surface area contributed by atoms with Crippen molar-refractivity contribution in [2.45, 2.75) is 46.1 Å². The summed E-state index contributed by atoms with van der Waals surface area (Å²) in [6.45, 7) is 7.31. The number of halogens is 1. The van der Waals surface area contributed by atoms with Crippen LogP contribution in [0.25, 0.3) is 11.3 Å². The number of carbonyl (C=O) groups excluding carboxylic acids is 1. The van der Waals surface area contributed by atoms with E-state index in [9.17, 15) is 9.90 Å². The molecule has 0 bridgehead atoms. The monoisotopic (exact) mass is 453 g/mol. The number of rotatable bonds is 8. The number of aromatic hydroxyl groups is 1. The number of benzene rings is 2. The van der Waals surface area contributed by atoms with E-state index < -0.39 is 0 Å². The summed E-state index contributed by atoms with van der Waals surface area (Å²) >= 11 is 6.34. The van der Waals surface area contributed by atoms with E-state index in [1.807, 2.05) is 43.0 Å². The van der Waals surface area contributed by atoms with Gasteiger partial charge in [-0.2, -0.15) is 5.10 Å². The Morgan fingerprint density at radius 3 is 2.62 bits per heavy atom. The van der Waals surface area contributed by atoms with Crippen LogP contribution >= 0.6 is 11.6 Å². The van der Waals surface area contributed by atoms with Crippen LogP contribution in [0.4, 0.5) is 0 Å². The fourth-order valence-corrected chi connectivity index (χ4v) is 4.32. The second-order valence-electron chi connectivity index (χ2n) is 8.15. The minimum atomic E-state index is -0.310. The normalized spacial score (nSPS) is 15.3. The number of hydrogen-bond donors (Lipinski definition) is 2. The average molecular weight is 454 g/mol. The highest BCUT2D eigenvalue weighted by Gasteiger charge is 2.42. The number of amides is 1. The number of nitrogens with zero attached hydrogens (tertiary/aromatic N) is 2. The number of aryl methyl sites for hydroxylation is 1. The van der Waals surface area contributed by atoms with Gasteiger partial charge in [-0.1, -0.05) is 44.0 Å². The summed E-state index contributed by atoms with van der Waals surface area (Å²) in [5.41, 5.74) is 4.01. The first-order chi connectivity index (χ1) is 15.5. The maximum absolute atomic E-state index is 13.2. The molecule has 2 aromatic carbocycles. The molecule has 1 aliphatic rings. The second-order valence-corrected chi connectivity index (χ2v) is 8.56. The third-order valence-corrected chi connectivity index (χ3v) is 6.23. The topological polar surface area (TPSA) is 78.5 Å². The first-order valence-electron chi connectivity index (χ1n) is 11.1. The lowest BCUT2D eigenvalue weighted by molar-refractivity contribution is 0.0744. The van der Waals surface area contributed by atoms with Crippen LogP contribution in [-0.4, -0.2) is 39.3 Å². The Kier molecular flexibility index (Phi) is 6.42. The predicted molar refractivity (Wildman–Crippen MR) is 125 cm³/mol. The molecular formula is C25H28ClN3O3. The van der Waals surface area contributed by atoms with Crippen molar-refractivity contribution in [2.24, 2.45) is 0 Å². The molecule has 0 saturated carbocycles. The zero-order valence-corrected chi connectivity index (χ0v) is 19.4. The molecule has 0 radical (unpaired) electrons. The fraction of sp³-hybridized carbons (Fsp3) is 0.360. The summed E-state index contributed by atoms with van der Waals surface area (Å²) in [4.78, 5) is 15.1. The molecule has 3 aromatic rings. The van der Waals surface area contributed by atoms with Crippen molar-refractivity contribution in [1.82, 2.24) is 15.1 Å². The summed E-state index contributed by atoms with van der Waals surface area (Å²) in [7, 11) is 0. The number of unbranched alkanes of at least 4 members (excludes halogenated alkanes) is 1. The van der Waals surface area contributed by atoms with Gasteiger partial charge >= 0.3 is 0 Å². The third kappa shape index (κ3) is 3.95. The third-order valence-electron chi connectivity index (χ3n) is 5.82. The molecule has 1 atom stereocenters. The Hall–Kier alpha value is -2.99. The van der Waals surface area contributed by atoms with Crippen LogP contribution < -0.4 is 4.74 Å². The SMILES string of the molecule is CCCCOc1ccc(C2c3c(-c4cc(Cl)c(C)cc4O)n[nH]c3C(=O)N2CCC)cc1. The highest BCUT2D eigenvalue weighted by Crippen LogP contribution is 2.45. The maximum atomic E-state index is 13.2. The molecule has 0 spiro atoms. The number of aromatic nitrogens is 2. The van der Waals surface area contributed by atoms with Crippen molar-refractivity contribution < 1.29 is 14.6 Å². The number of phenols is 1. The van der Waals surface area contributed by atoms with Gasteiger partial charge in [-0.25, -0.2) is 0 Å². The summed E-state index contributed by atoms with van der Waals surface area (Å²) in [6, 6.07) is 10.9. The van der Waals surface area contributed by atoms with Gasteiger partial charge in [0, 0.05) is 22.7 Å².